The maximum atomic E-state index is 13.1. The lowest BCUT2D eigenvalue weighted by molar-refractivity contribution is -0.113. The van der Waals surface area contributed by atoms with Crippen LogP contribution in [-0.4, -0.2) is 31.4 Å². The molecule has 0 saturated heterocycles. The number of carbonyl (C=O) groups is 1. The van der Waals surface area contributed by atoms with E-state index in [1.54, 1.807) is 11.3 Å². The Morgan fingerprint density at radius 2 is 1.83 bits per heavy atom. The van der Waals surface area contributed by atoms with Gasteiger partial charge in [-0.1, -0.05) is 73.1 Å². The van der Waals surface area contributed by atoms with Gasteiger partial charge in [0.15, 0.2) is 11.0 Å². The van der Waals surface area contributed by atoms with Gasteiger partial charge < -0.3 is 9.88 Å². The van der Waals surface area contributed by atoms with Gasteiger partial charge in [0.05, 0.1) is 22.5 Å². The Morgan fingerprint density at radius 3 is 2.63 bits per heavy atom. The average molecular weight is 579 g/mol. The summed E-state index contributed by atoms with van der Waals surface area (Å²) in [4.78, 5) is 19.2. The van der Waals surface area contributed by atoms with Crippen molar-refractivity contribution >= 4 is 44.9 Å². The van der Waals surface area contributed by atoms with Crippen LogP contribution in [-0.2, 0) is 24.2 Å². The first-order chi connectivity index (χ1) is 20.2. The molecule has 0 atom stereocenters. The first kappa shape index (κ1) is 27.2. The van der Waals surface area contributed by atoms with Crippen LogP contribution in [0.15, 0.2) is 65.8 Å². The molecule has 6 rings (SSSR count). The number of para-hydroxylation sites is 1. The number of thiophene rings is 1. The second kappa shape index (κ2) is 12.2. The van der Waals surface area contributed by atoms with Crippen LogP contribution in [0.4, 0.5) is 5.00 Å². The first-order valence-corrected chi connectivity index (χ1v) is 15.8. The summed E-state index contributed by atoms with van der Waals surface area (Å²) >= 11 is 2.92. The van der Waals surface area contributed by atoms with Crippen molar-refractivity contribution in [3.63, 3.8) is 0 Å². The molecule has 3 heterocycles. The van der Waals surface area contributed by atoms with E-state index in [9.17, 15) is 10.1 Å². The van der Waals surface area contributed by atoms with Crippen molar-refractivity contribution < 1.29 is 4.79 Å². The molecule has 1 amide bonds. The normalized spacial score (nSPS) is 13.3. The number of aryl methyl sites for hydroxylation is 1. The predicted molar refractivity (Wildman–Crippen MR) is 166 cm³/mol. The number of fused-ring (bicyclic) bond motifs is 2. The summed E-state index contributed by atoms with van der Waals surface area (Å²) in [5.41, 5.74) is 5.53. The minimum atomic E-state index is -0.145. The number of carbonyl (C=O) groups excluding carboxylic acids is 1. The van der Waals surface area contributed by atoms with Crippen molar-refractivity contribution in [2.75, 3.05) is 11.1 Å². The quantitative estimate of drug-likeness (QED) is 0.201. The molecule has 9 heteroatoms. The highest BCUT2D eigenvalue weighted by Crippen LogP contribution is 2.37. The first-order valence-electron chi connectivity index (χ1n) is 14.0. The van der Waals surface area contributed by atoms with E-state index in [1.807, 2.05) is 41.0 Å². The second-order valence-corrected chi connectivity index (χ2v) is 12.1. The molecule has 0 fully saturated rings. The zero-order valence-corrected chi connectivity index (χ0v) is 24.5. The monoisotopic (exact) mass is 578 g/mol. The van der Waals surface area contributed by atoms with Crippen LogP contribution in [0.25, 0.3) is 33.5 Å². The molecule has 1 aliphatic carbocycles. The van der Waals surface area contributed by atoms with E-state index in [4.69, 9.17) is 4.98 Å². The van der Waals surface area contributed by atoms with Crippen molar-refractivity contribution in [1.82, 2.24) is 19.7 Å². The van der Waals surface area contributed by atoms with Crippen molar-refractivity contribution in [3.05, 3.63) is 76.7 Å². The third-order valence-corrected chi connectivity index (χ3v) is 9.60. The number of hydrogen-bond donors (Lipinski definition) is 1. The standard InChI is InChI=1S/C32H30N6OS2/c1-2-38-30(24-18-27(21-12-6-5-7-13-21)34-26-16-11-10-14-22(24)26)36-37-32(38)40-20-29(39)35-31-25(19-33)23-15-8-3-4-9-17-28(23)41-31/h5-7,10-14,16,18H,2-4,8-9,15,17,20H2,1H3,(H,35,39). The zero-order chi connectivity index (χ0) is 28.2. The fraction of sp³-hybridized carbons (Fsp3) is 0.281. The topological polar surface area (TPSA) is 96.5 Å². The van der Waals surface area contributed by atoms with Crippen molar-refractivity contribution in [1.29, 1.82) is 5.26 Å². The summed E-state index contributed by atoms with van der Waals surface area (Å²) in [6.07, 6.45) is 6.54. The highest BCUT2D eigenvalue weighted by atomic mass is 32.2. The molecule has 0 aliphatic heterocycles. The van der Waals surface area contributed by atoms with E-state index in [2.05, 4.69) is 52.8 Å². The molecule has 0 saturated carbocycles. The van der Waals surface area contributed by atoms with Crippen molar-refractivity contribution in [2.24, 2.45) is 0 Å². The van der Waals surface area contributed by atoms with Crippen LogP contribution in [0.3, 0.4) is 0 Å². The van der Waals surface area contributed by atoms with Crippen LogP contribution in [0, 0.1) is 11.3 Å². The van der Waals surface area contributed by atoms with Crippen LogP contribution in [0.2, 0.25) is 0 Å². The summed E-state index contributed by atoms with van der Waals surface area (Å²) in [5.74, 6) is 0.780. The predicted octanol–water partition coefficient (Wildman–Crippen LogP) is 7.50. The maximum Gasteiger partial charge on any atom is 0.235 e. The van der Waals surface area contributed by atoms with Crippen LogP contribution >= 0.6 is 23.1 Å². The minimum Gasteiger partial charge on any atom is -0.316 e. The number of thioether (sulfide) groups is 1. The number of hydrogen-bond acceptors (Lipinski definition) is 7. The van der Waals surface area contributed by atoms with E-state index in [0.717, 1.165) is 64.8 Å². The summed E-state index contributed by atoms with van der Waals surface area (Å²) in [6.45, 7) is 2.71. The molecule has 206 valence electrons. The smallest absolute Gasteiger partial charge is 0.235 e. The van der Waals surface area contributed by atoms with Gasteiger partial charge in [-0.15, -0.1) is 21.5 Å². The van der Waals surface area contributed by atoms with Gasteiger partial charge in [-0.05, 0) is 50.3 Å². The number of nitrogens with one attached hydrogen (secondary N) is 1. The molecule has 41 heavy (non-hydrogen) atoms. The Kier molecular flexibility index (Phi) is 8.12. The summed E-state index contributed by atoms with van der Waals surface area (Å²) < 4.78 is 2.05. The largest absolute Gasteiger partial charge is 0.316 e. The highest BCUT2D eigenvalue weighted by molar-refractivity contribution is 7.99. The van der Waals surface area contributed by atoms with Crippen molar-refractivity contribution in [2.45, 2.75) is 57.1 Å². The van der Waals surface area contributed by atoms with Gasteiger partial charge >= 0.3 is 0 Å². The van der Waals surface area contributed by atoms with Gasteiger partial charge in [-0.3, -0.25) is 4.79 Å². The molecule has 5 aromatic rings. The lowest BCUT2D eigenvalue weighted by Gasteiger charge is -2.12. The zero-order valence-electron chi connectivity index (χ0n) is 22.9. The summed E-state index contributed by atoms with van der Waals surface area (Å²) in [7, 11) is 0. The van der Waals surface area contributed by atoms with Gasteiger partial charge in [-0.25, -0.2) is 4.98 Å². The summed E-state index contributed by atoms with van der Waals surface area (Å²) in [6, 6.07) is 22.6. The van der Waals surface area contributed by atoms with E-state index in [0.29, 0.717) is 22.3 Å². The van der Waals surface area contributed by atoms with Gasteiger partial charge in [0.25, 0.3) is 0 Å². The van der Waals surface area contributed by atoms with Gasteiger partial charge in [-0.2, -0.15) is 5.26 Å². The molecule has 0 spiro atoms. The lowest BCUT2D eigenvalue weighted by atomic mass is 9.97. The third-order valence-electron chi connectivity index (χ3n) is 7.43. The van der Waals surface area contributed by atoms with E-state index in [1.165, 1.54) is 29.5 Å². The number of rotatable bonds is 7. The average Bonchev–Trinajstić information content (AvgIpc) is 3.55. The van der Waals surface area contributed by atoms with E-state index >= 15 is 0 Å². The van der Waals surface area contributed by atoms with Crippen LogP contribution < -0.4 is 5.32 Å². The molecule has 1 aliphatic rings. The Hall–Kier alpha value is -4.00. The molecule has 0 unspecified atom stereocenters. The molecule has 0 bridgehead atoms. The fourth-order valence-electron chi connectivity index (χ4n) is 5.42. The molecule has 3 aromatic heterocycles. The van der Waals surface area contributed by atoms with E-state index < -0.39 is 0 Å². The van der Waals surface area contributed by atoms with Gasteiger partial charge in [0.1, 0.15) is 11.1 Å². The van der Waals surface area contributed by atoms with Crippen LogP contribution in [0.1, 0.15) is 48.6 Å². The fourth-order valence-corrected chi connectivity index (χ4v) is 7.47. The molecular weight excluding hydrogens is 549 g/mol. The number of nitrogens with zero attached hydrogens (tertiary/aromatic N) is 5. The van der Waals surface area contributed by atoms with E-state index in [-0.39, 0.29) is 11.7 Å². The number of aromatic nitrogens is 4. The number of benzene rings is 2. The Labute approximate surface area is 247 Å². The maximum absolute atomic E-state index is 13.1. The van der Waals surface area contributed by atoms with Crippen LogP contribution in [0.5, 0.6) is 0 Å². The number of anilines is 1. The second-order valence-electron chi connectivity index (χ2n) is 10.1. The Morgan fingerprint density at radius 1 is 1.05 bits per heavy atom. The Bertz CT molecular complexity index is 1750. The minimum absolute atomic E-state index is 0.145. The molecule has 0 radical (unpaired) electrons. The Balaban J connectivity index is 1.25. The lowest BCUT2D eigenvalue weighted by Crippen LogP contribution is -2.14. The van der Waals surface area contributed by atoms with Gasteiger partial charge in [0, 0.05) is 27.9 Å². The summed E-state index contributed by atoms with van der Waals surface area (Å²) in [5, 5.41) is 24.3. The third kappa shape index (κ3) is 5.63. The number of amides is 1. The SMILES string of the molecule is CCn1c(SCC(=O)Nc2sc3c(c2C#N)CCCCCC3)nnc1-c1cc(-c2ccccc2)nc2ccccc12. The highest BCUT2D eigenvalue weighted by Gasteiger charge is 2.22. The van der Waals surface area contributed by atoms with Crippen molar-refractivity contribution in [3.8, 4) is 28.7 Å². The molecule has 1 N–H and O–H groups in total. The molecular formula is C32H30N6OS2. The molecule has 7 nitrogen and oxygen atoms in total. The number of nitriles is 1. The molecule has 2 aromatic carbocycles. The number of pyridine rings is 1. The van der Waals surface area contributed by atoms with Gasteiger partial charge in [0.2, 0.25) is 5.91 Å².